The Morgan fingerprint density at radius 2 is 2.06 bits per heavy atom. The van der Waals surface area contributed by atoms with Crippen LogP contribution < -0.4 is 0 Å². The Morgan fingerprint density at radius 1 is 1.44 bits per heavy atom. The number of benzene rings is 1. The number of non-ortho nitro benzene ring substituents is 1. The van der Waals surface area contributed by atoms with E-state index in [9.17, 15) is 10.1 Å². The third kappa shape index (κ3) is 3.20. The number of halogens is 1. The standard InChI is InChI=1S/C12H16ClNO2/c1-8(2)12(13)7-10-4-5-11(14(15)16)6-9(10)3/h4-6,8,12H,7H2,1-3H3. The number of nitro benzene ring substituents is 1. The average Bonchev–Trinajstić information content (AvgIpc) is 2.20. The fourth-order valence-corrected chi connectivity index (χ4v) is 1.63. The Kier molecular flexibility index (Phi) is 4.30. The fraction of sp³-hybridized carbons (Fsp3) is 0.500. The molecule has 0 aromatic heterocycles. The molecule has 0 N–H and O–H groups in total. The van der Waals surface area contributed by atoms with E-state index in [0.717, 1.165) is 17.5 Å². The molecule has 3 nitrogen and oxygen atoms in total. The summed E-state index contributed by atoms with van der Waals surface area (Å²) in [5.41, 5.74) is 2.15. The predicted octanol–water partition coefficient (Wildman–Crippen LogP) is 3.71. The van der Waals surface area contributed by atoms with E-state index in [2.05, 4.69) is 13.8 Å². The van der Waals surface area contributed by atoms with Crippen LogP contribution in [-0.2, 0) is 6.42 Å². The number of aryl methyl sites for hydroxylation is 1. The van der Waals surface area contributed by atoms with Crippen LogP contribution in [0.15, 0.2) is 18.2 Å². The maximum absolute atomic E-state index is 10.6. The smallest absolute Gasteiger partial charge is 0.258 e. The van der Waals surface area contributed by atoms with Crippen LogP contribution in [0.5, 0.6) is 0 Å². The third-order valence-electron chi connectivity index (χ3n) is 2.68. The molecule has 1 aromatic carbocycles. The second kappa shape index (κ2) is 5.30. The summed E-state index contributed by atoms with van der Waals surface area (Å²) >= 11 is 6.19. The van der Waals surface area contributed by atoms with Crippen LogP contribution in [0.1, 0.15) is 25.0 Å². The third-order valence-corrected chi connectivity index (χ3v) is 3.33. The lowest BCUT2D eigenvalue weighted by atomic mass is 9.98. The normalized spacial score (nSPS) is 12.8. The molecule has 4 heteroatoms. The number of alkyl halides is 1. The van der Waals surface area contributed by atoms with Gasteiger partial charge in [0.1, 0.15) is 0 Å². The number of rotatable bonds is 4. The lowest BCUT2D eigenvalue weighted by Gasteiger charge is -2.14. The van der Waals surface area contributed by atoms with Crippen molar-refractivity contribution < 1.29 is 4.92 Å². The van der Waals surface area contributed by atoms with Crippen LogP contribution in [0.4, 0.5) is 5.69 Å². The van der Waals surface area contributed by atoms with Crippen molar-refractivity contribution in [1.29, 1.82) is 0 Å². The minimum absolute atomic E-state index is 0.0696. The van der Waals surface area contributed by atoms with Crippen LogP contribution >= 0.6 is 11.6 Å². The molecule has 0 saturated carbocycles. The minimum Gasteiger partial charge on any atom is -0.258 e. The molecule has 1 unspecified atom stereocenters. The van der Waals surface area contributed by atoms with E-state index in [1.54, 1.807) is 12.1 Å². The molecule has 0 aliphatic heterocycles. The monoisotopic (exact) mass is 241 g/mol. The number of hydrogen-bond donors (Lipinski definition) is 0. The maximum atomic E-state index is 10.6. The Hall–Kier alpha value is -1.09. The van der Waals surface area contributed by atoms with E-state index in [-0.39, 0.29) is 16.0 Å². The van der Waals surface area contributed by atoms with Crippen molar-refractivity contribution in [3.05, 3.63) is 39.4 Å². The molecule has 0 fully saturated rings. The molecule has 1 aromatic rings. The van der Waals surface area contributed by atoms with Gasteiger partial charge in [0, 0.05) is 17.5 Å². The average molecular weight is 242 g/mol. The Labute approximate surface area is 101 Å². The van der Waals surface area contributed by atoms with Gasteiger partial charge in [0.2, 0.25) is 0 Å². The van der Waals surface area contributed by atoms with Gasteiger partial charge in [0.25, 0.3) is 5.69 Å². The second-order valence-electron chi connectivity index (χ2n) is 4.33. The summed E-state index contributed by atoms with van der Waals surface area (Å²) in [4.78, 5) is 10.2. The predicted molar refractivity (Wildman–Crippen MR) is 66.0 cm³/mol. The SMILES string of the molecule is Cc1cc([N+](=O)[O-])ccc1CC(Cl)C(C)C. The van der Waals surface area contributed by atoms with Gasteiger partial charge in [0.15, 0.2) is 0 Å². The quantitative estimate of drug-likeness (QED) is 0.458. The molecule has 0 heterocycles. The number of nitrogens with zero attached hydrogens (tertiary/aromatic N) is 1. The second-order valence-corrected chi connectivity index (χ2v) is 4.89. The topological polar surface area (TPSA) is 43.1 Å². The molecule has 0 spiro atoms. The summed E-state index contributed by atoms with van der Waals surface area (Å²) in [6, 6.07) is 4.93. The fourth-order valence-electron chi connectivity index (χ4n) is 1.47. The summed E-state index contributed by atoms with van der Waals surface area (Å²) in [6.45, 7) is 6.02. The van der Waals surface area contributed by atoms with Gasteiger partial charge in [-0.25, -0.2) is 0 Å². The Bertz CT molecular complexity index is 391. The largest absolute Gasteiger partial charge is 0.269 e. The van der Waals surface area contributed by atoms with E-state index >= 15 is 0 Å². The molecule has 1 atom stereocenters. The summed E-state index contributed by atoms with van der Waals surface area (Å²) in [7, 11) is 0. The first-order chi connectivity index (χ1) is 7.41. The highest BCUT2D eigenvalue weighted by Gasteiger charge is 2.14. The van der Waals surface area contributed by atoms with Crippen molar-refractivity contribution in [3.8, 4) is 0 Å². The van der Waals surface area contributed by atoms with Gasteiger partial charge in [-0.3, -0.25) is 10.1 Å². The van der Waals surface area contributed by atoms with Gasteiger partial charge in [-0.15, -0.1) is 11.6 Å². The van der Waals surface area contributed by atoms with E-state index in [4.69, 9.17) is 11.6 Å². The van der Waals surface area contributed by atoms with Crippen molar-refractivity contribution in [1.82, 2.24) is 0 Å². The van der Waals surface area contributed by atoms with E-state index in [0.29, 0.717) is 5.92 Å². The van der Waals surface area contributed by atoms with Gasteiger partial charge < -0.3 is 0 Å². The van der Waals surface area contributed by atoms with Crippen LogP contribution in [0.2, 0.25) is 0 Å². The van der Waals surface area contributed by atoms with Crippen LogP contribution in [0.25, 0.3) is 0 Å². The van der Waals surface area contributed by atoms with E-state index in [1.165, 1.54) is 6.07 Å². The molecule has 0 amide bonds. The molecule has 0 saturated heterocycles. The van der Waals surface area contributed by atoms with Gasteiger partial charge in [-0.1, -0.05) is 19.9 Å². The first kappa shape index (κ1) is 13.0. The van der Waals surface area contributed by atoms with Crippen LogP contribution in [0.3, 0.4) is 0 Å². The van der Waals surface area contributed by atoms with Crippen molar-refractivity contribution in [2.24, 2.45) is 5.92 Å². The van der Waals surface area contributed by atoms with Crippen molar-refractivity contribution in [3.63, 3.8) is 0 Å². The van der Waals surface area contributed by atoms with E-state index in [1.807, 2.05) is 6.92 Å². The van der Waals surface area contributed by atoms with Gasteiger partial charge in [-0.05, 0) is 30.4 Å². The van der Waals surface area contributed by atoms with E-state index < -0.39 is 0 Å². The summed E-state index contributed by atoms with van der Waals surface area (Å²) in [5, 5.41) is 10.6. The zero-order valence-corrected chi connectivity index (χ0v) is 10.5. The Morgan fingerprint density at radius 3 is 2.50 bits per heavy atom. The number of nitro groups is 1. The molecular formula is C12H16ClNO2. The lowest BCUT2D eigenvalue weighted by molar-refractivity contribution is -0.384. The molecule has 0 aliphatic rings. The summed E-state index contributed by atoms with van der Waals surface area (Å²) in [5.74, 6) is 0.399. The van der Waals surface area contributed by atoms with Crippen molar-refractivity contribution >= 4 is 17.3 Å². The van der Waals surface area contributed by atoms with Crippen LogP contribution in [-0.4, -0.2) is 10.3 Å². The van der Waals surface area contributed by atoms with Crippen LogP contribution in [0, 0.1) is 23.0 Å². The molecular weight excluding hydrogens is 226 g/mol. The molecule has 16 heavy (non-hydrogen) atoms. The first-order valence-corrected chi connectivity index (χ1v) is 5.73. The Balaban J connectivity index is 2.87. The zero-order chi connectivity index (χ0) is 12.3. The summed E-state index contributed by atoms with van der Waals surface area (Å²) in [6.07, 6.45) is 0.753. The van der Waals surface area contributed by atoms with Gasteiger partial charge >= 0.3 is 0 Å². The number of hydrogen-bond acceptors (Lipinski definition) is 2. The molecule has 0 radical (unpaired) electrons. The molecule has 0 aliphatic carbocycles. The maximum Gasteiger partial charge on any atom is 0.269 e. The highest BCUT2D eigenvalue weighted by Crippen LogP contribution is 2.22. The van der Waals surface area contributed by atoms with Gasteiger partial charge in [0.05, 0.1) is 4.92 Å². The summed E-state index contributed by atoms with van der Waals surface area (Å²) < 4.78 is 0. The highest BCUT2D eigenvalue weighted by atomic mass is 35.5. The van der Waals surface area contributed by atoms with Gasteiger partial charge in [-0.2, -0.15) is 0 Å². The molecule has 1 rings (SSSR count). The zero-order valence-electron chi connectivity index (χ0n) is 9.74. The highest BCUT2D eigenvalue weighted by molar-refractivity contribution is 6.20. The molecule has 0 bridgehead atoms. The molecule has 88 valence electrons. The van der Waals surface area contributed by atoms with Crippen molar-refractivity contribution in [2.45, 2.75) is 32.6 Å². The minimum atomic E-state index is -0.378. The first-order valence-electron chi connectivity index (χ1n) is 5.29. The van der Waals surface area contributed by atoms with Crippen molar-refractivity contribution in [2.75, 3.05) is 0 Å². The lowest BCUT2D eigenvalue weighted by Crippen LogP contribution is -2.12.